The fourth-order valence-electron chi connectivity index (χ4n) is 2.74. The average molecular weight is 236 g/mol. The standard InChI is InChI=1S/C14H24OSi/c1-11(2)14(10-15-16,12(3)4)13-8-6-5-7-9-13/h5-9,11-12H,10H2,1-4,16H3. The summed E-state index contributed by atoms with van der Waals surface area (Å²) in [5, 5.41) is 0. The van der Waals surface area contributed by atoms with E-state index in [4.69, 9.17) is 4.43 Å². The maximum atomic E-state index is 5.62. The first-order valence-corrected chi connectivity index (χ1v) is 6.91. The minimum Gasteiger partial charge on any atom is -0.427 e. The number of hydrogen-bond donors (Lipinski definition) is 0. The lowest BCUT2D eigenvalue weighted by Crippen LogP contribution is -2.42. The molecule has 0 saturated heterocycles. The van der Waals surface area contributed by atoms with Crippen molar-refractivity contribution in [1.29, 1.82) is 0 Å². The lowest BCUT2D eigenvalue weighted by Gasteiger charge is -2.41. The monoisotopic (exact) mass is 236 g/mol. The third-order valence-corrected chi connectivity index (χ3v) is 4.04. The van der Waals surface area contributed by atoms with Crippen LogP contribution in [0.5, 0.6) is 0 Å². The number of rotatable bonds is 5. The van der Waals surface area contributed by atoms with Gasteiger partial charge in [0.2, 0.25) is 0 Å². The van der Waals surface area contributed by atoms with Crippen molar-refractivity contribution in [3.63, 3.8) is 0 Å². The summed E-state index contributed by atoms with van der Waals surface area (Å²) in [6.45, 7) is 10.0. The van der Waals surface area contributed by atoms with E-state index in [0.717, 1.165) is 17.1 Å². The van der Waals surface area contributed by atoms with E-state index in [1.165, 1.54) is 5.56 Å². The van der Waals surface area contributed by atoms with Gasteiger partial charge in [0.1, 0.15) is 10.5 Å². The van der Waals surface area contributed by atoms with Crippen LogP contribution in [-0.4, -0.2) is 17.1 Å². The summed E-state index contributed by atoms with van der Waals surface area (Å²) in [6, 6.07) is 10.8. The highest BCUT2D eigenvalue weighted by Crippen LogP contribution is 2.39. The van der Waals surface area contributed by atoms with Gasteiger partial charge in [0.05, 0.1) is 0 Å². The van der Waals surface area contributed by atoms with Gasteiger partial charge < -0.3 is 4.43 Å². The van der Waals surface area contributed by atoms with Crippen LogP contribution in [0.25, 0.3) is 0 Å². The Kier molecular flexibility index (Phi) is 4.75. The van der Waals surface area contributed by atoms with Crippen LogP contribution < -0.4 is 0 Å². The minimum atomic E-state index is 0.156. The number of hydrogen-bond acceptors (Lipinski definition) is 1. The molecule has 0 unspecified atom stereocenters. The molecular weight excluding hydrogens is 212 g/mol. The Morgan fingerprint density at radius 2 is 1.56 bits per heavy atom. The summed E-state index contributed by atoms with van der Waals surface area (Å²) in [7, 11) is 0.813. The molecule has 0 saturated carbocycles. The normalized spacial score (nSPS) is 12.6. The van der Waals surface area contributed by atoms with Crippen molar-refractivity contribution in [3.8, 4) is 0 Å². The van der Waals surface area contributed by atoms with E-state index < -0.39 is 0 Å². The zero-order chi connectivity index (χ0) is 12.2. The maximum Gasteiger partial charge on any atom is 0.146 e. The fraction of sp³-hybridized carbons (Fsp3) is 0.571. The third-order valence-electron chi connectivity index (χ3n) is 3.75. The summed E-state index contributed by atoms with van der Waals surface area (Å²) in [5.74, 6) is 1.17. The molecule has 1 nitrogen and oxygen atoms in total. The molecule has 2 heteroatoms. The molecule has 0 heterocycles. The number of benzene rings is 1. The zero-order valence-electron chi connectivity index (χ0n) is 11.2. The molecule has 1 aromatic rings. The Bertz CT molecular complexity index is 298. The summed E-state index contributed by atoms with van der Waals surface area (Å²) < 4.78 is 5.62. The van der Waals surface area contributed by atoms with Gasteiger partial charge in [-0.2, -0.15) is 0 Å². The van der Waals surface area contributed by atoms with Gasteiger partial charge in [-0.05, 0) is 17.4 Å². The van der Waals surface area contributed by atoms with Crippen LogP contribution in [0.1, 0.15) is 33.3 Å². The maximum absolute atomic E-state index is 5.62. The molecule has 1 aromatic carbocycles. The van der Waals surface area contributed by atoms with Crippen LogP contribution >= 0.6 is 0 Å². The second-order valence-corrected chi connectivity index (χ2v) is 5.73. The van der Waals surface area contributed by atoms with Crippen molar-refractivity contribution >= 4 is 10.5 Å². The van der Waals surface area contributed by atoms with E-state index >= 15 is 0 Å². The average Bonchev–Trinajstić information content (AvgIpc) is 2.26. The molecule has 1 rings (SSSR count). The van der Waals surface area contributed by atoms with Crippen LogP contribution in [-0.2, 0) is 9.84 Å². The fourth-order valence-corrected chi connectivity index (χ4v) is 3.21. The lowest BCUT2D eigenvalue weighted by molar-refractivity contribution is 0.128. The van der Waals surface area contributed by atoms with Gasteiger partial charge in [0.25, 0.3) is 0 Å². The summed E-state index contributed by atoms with van der Waals surface area (Å²) >= 11 is 0. The molecule has 0 fully saturated rings. The molecule has 90 valence electrons. The SMILES string of the molecule is CC(C)C(CO[SiH3])(c1ccccc1)C(C)C. The van der Waals surface area contributed by atoms with Crippen molar-refractivity contribution < 1.29 is 4.43 Å². The van der Waals surface area contributed by atoms with Gasteiger partial charge in [-0.25, -0.2) is 0 Å². The first-order chi connectivity index (χ1) is 7.55. The predicted octanol–water partition coefficient (Wildman–Crippen LogP) is 2.53. The highest BCUT2D eigenvalue weighted by atomic mass is 28.2. The molecule has 16 heavy (non-hydrogen) atoms. The van der Waals surface area contributed by atoms with Crippen LogP contribution in [0, 0.1) is 11.8 Å². The van der Waals surface area contributed by atoms with E-state index in [1.807, 2.05) is 0 Å². The van der Waals surface area contributed by atoms with Crippen LogP contribution in [0.4, 0.5) is 0 Å². The van der Waals surface area contributed by atoms with Gasteiger partial charge in [-0.15, -0.1) is 0 Å². The van der Waals surface area contributed by atoms with Crippen LogP contribution in [0.15, 0.2) is 30.3 Å². The summed E-state index contributed by atoms with van der Waals surface area (Å²) in [4.78, 5) is 0. The Labute approximate surface area is 103 Å². The molecule has 0 aromatic heterocycles. The molecule has 0 bridgehead atoms. The summed E-state index contributed by atoms with van der Waals surface area (Å²) in [5.41, 5.74) is 1.57. The highest BCUT2D eigenvalue weighted by Gasteiger charge is 2.38. The molecule has 0 atom stereocenters. The Morgan fingerprint density at radius 3 is 1.94 bits per heavy atom. The summed E-state index contributed by atoms with van der Waals surface area (Å²) in [6.07, 6.45) is 0. The van der Waals surface area contributed by atoms with Crippen molar-refractivity contribution in [2.75, 3.05) is 6.61 Å². The van der Waals surface area contributed by atoms with Gasteiger partial charge in [-0.1, -0.05) is 58.0 Å². The zero-order valence-corrected chi connectivity index (χ0v) is 13.2. The van der Waals surface area contributed by atoms with E-state index in [1.54, 1.807) is 0 Å². The second kappa shape index (κ2) is 5.64. The van der Waals surface area contributed by atoms with Crippen molar-refractivity contribution in [2.45, 2.75) is 33.1 Å². The van der Waals surface area contributed by atoms with Crippen LogP contribution in [0.2, 0.25) is 0 Å². The highest BCUT2D eigenvalue weighted by molar-refractivity contribution is 5.98. The molecular formula is C14H24OSi. The second-order valence-electron chi connectivity index (χ2n) is 5.15. The Hall–Kier alpha value is -0.603. The topological polar surface area (TPSA) is 9.23 Å². The van der Waals surface area contributed by atoms with Gasteiger partial charge in [-0.3, -0.25) is 0 Å². The van der Waals surface area contributed by atoms with Crippen molar-refractivity contribution in [2.24, 2.45) is 11.8 Å². The lowest BCUT2D eigenvalue weighted by atomic mass is 9.65. The van der Waals surface area contributed by atoms with Gasteiger partial charge in [0, 0.05) is 12.0 Å². The van der Waals surface area contributed by atoms with Gasteiger partial charge >= 0.3 is 0 Å². The van der Waals surface area contributed by atoms with E-state index in [-0.39, 0.29) is 5.41 Å². The molecule has 0 aliphatic heterocycles. The first-order valence-electron chi connectivity index (χ1n) is 6.10. The predicted molar refractivity (Wildman–Crippen MR) is 73.7 cm³/mol. The Morgan fingerprint density at radius 1 is 1.06 bits per heavy atom. The van der Waals surface area contributed by atoms with Crippen LogP contribution in [0.3, 0.4) is 0 Å². The molecule has 0 aliphatic rings. The Balaban J connectivity index is 3.21. The van der Waals surface area contributed by atoms with E-state index in [0.29, 0.717) is 11.8 Å². The smallest absolute Gasteiger partial charge is 0.146 e. The van der Waals surface area contributed by atoms with Crippen molar-refractivity contribution in [3.05, 3.63) is 35.9 Å². The molecule has 0 aliphatic carbocycles. The van der Waals surface area contributed by atoms with Crippen molar-refractivity contribution in [1.82, 2.24) is 0 Å². The molecule has 0 radical (unpaired) electrons. The van der Waals surface area contributed by atoms with E-state index in [9.17, 15) is 0 Å². The largest absolute Gasteiger partial charge is 0.427 e. The molecule has 0 amide bonds. The van der Waals surface area contributed by atoms with Gasteiger partial charge in [0.15, 0.2) is 0 Å². The minimum absolute atomic E-state index is 0.156. The molecule has 0 spiro atoms. The quantitative estimate of drug-likeness (QED) is 0.714. The first kappa shape index (κ1) is 13.5. The third kappa shape index (κ3) is 2.38. The molecule has 0 N–H and O–H groups in total. The van der Waals surface area contributed by atoms with E-state index in [2.05, 4.69) is 58.0 Å².